The zero-order valence-corrected chi connectivity index (χ0v) is 9.57. The maximum absolute atomic E-state index is 5.12. The smallest absolute Gasteiger partial charge is 0.0468 e. The van der Waals surface area contributed by atoms with Crippen LogP contribution in [0.5, 0.6) is 0 Å². The highest BCUT2D eigenvalue weighted by atomic mass is 16.5. The summed E-state index contributed by atoms with van der Waals surface area (Å²) in [4.78, 5) is 0. The van der Waals surface area contributed by atoms with Crippen LogP contribution in [0.15, 0.2) is 0 Å². The first kappa shape index (κ1) is 12.0. The quantitative estimate of drug-likeness (QED) is 0.545. The van der Waals surface area contributed by atoms with Crippen LogP contribution in [0.4, 0.5) is 0 Å². The Hall–Kier alpha value is -0.120. The van der Waals surface area contributed by atoms with Crippen molar-refractivity contribution in [2.75, 3.05) is 39.9 Å². The average molecular weight is 200 g/mol. The van der Waals surface area contributed by atoms with E-state index in [4.69, 9.17) is 4.74 Å². The number of rotatable bonds is 9. The highest BCUT2D eigenvalue weighted by Crippen LogP contribution is 2.47. The third-order valence-electron chi connectivity index (χ3n) is 3.02. The molecule has 0 aromatic carbocycles. The van der Waals surface area contributed by atoms with Crippen molar-refractivity contribution in [3.05, 3.63) is 0 Å². The molecule has 2 N–H and O–H groups in total. The molecule has 14 heavy (non-hydrogen) atoms. The van der Waals surface area contributed by atoms with Gasteiger partial charge in [0, 0.05) is 33.4 Å². The first-order chi connectivity index (χ1) is 6.83. The minimum absolute atomic E-state index is 0.586. The fraction of sp³-hybridized carbons (Fsp3) is 1.00. The van der Waals surface area contributed by atoms with E-state index in [-0.39, 0.29) is 0 Å². The number of methoxy groups -OCH3 is 1. The van der Waals surface area contributed by atoms with Crippen molar-refractivity contribution >= 4 is 0 Å². The summed E-state index contributed by atoms with van der Waals surface area (Å²) >= 11 is 0. The van der Waals surface area contributed by atoms with Crippen molar-refractivity contribution in [1.29, 1.82) is 0 Å². The van der Waals surface area contributed by atoms with Gasteiger partial charge in [-0.1, -0.05) is 6.92 Å². The predicted molar refractivity (Wildman–Crippen MR) is 59.6 cm³/mol. The minimum Gasteiger partial charge on any atom is -0.385 e. The second-order valence-corrected chi connectivity index (χ2v) is 4.27. The monoisotopic (exact) mass is 200 g/mol. The van der Waals surface area contributed by atoms with Gasteiger partial charge in [-0.25, -0.2) is 0 Å². The second kappa shape index (κ2) is 6.38. The molecule has 0 aromatic heterocycles. The normalized spacial score (nSPS) is 18.4. The molecule has 3 nitrogen and oxygen atoms in total. The molecule has 0 radical (unpaired) electrons. The molecule has 0 heterocycles. The van der Waals surface area contributed by atoms with Crippen LogP contribution in [-0.2, 0) is 4.74 Å². The van der Waals surface area contributed by atoms with Crippen LogP contribution in [0.25, 0.3) is 0 Å². The largest absolute Gasteiger partial charge is 0.385 e. The summed E-state index contributed by atoms with van der Waals surface area (Å²) in [6.45, 7) is 7.45. The molecule has 0 aromatic rings. The maximum atomic E-state index is 5.12. The van der Waals surface area contributed by atoms with E-state index >= 15 is 0 Å². The first-order valence-corrected chi connectivity index (χ1v) is 5.73. The van der Waals surface area contributed by atoms with Crippen LogP contribution in [0.1, 0.15) is 26.2 Å². The molecule has 0 atom stereocenters. The van der Waals surface area contributed by atoms with Crippen LogP contribution in [0.3, 0.4) is 0 Å². The SMILES string of the molecule is CCNCCNCC1(CCOC)CC1. The van der Waals surface area contributed by atoms with Gasteiger partial charge in [0.2, 0.25) is 0 Å². The molecule has 1 saturated carbocycles. The van der Waals surface area contributed by atoms with Crippen molar-refractivity contribution in [1.82, 2.24) is 10.6 Å². The van der Waals surface area contributed by atoms with E-state index in [0.717, 1.165) is 26.2 Å². The summed E-state index contributed by atoms with van der Waals surface area (Å²) in [5.41, 5.74) is 0.586. The van der Waals surface area contributed by atoms with Gasteiger partial charge in [0.05, 0.1) is 0 Å². The Morgan fingerprint density at radius 1 is 1.21 bits per heavy atom. The molecule has 0 spiro atoms. The van der Waals surface area contributed by atoms with Gasteiger partial charge in [-0.05, 0) is 31.2 Å². The summed E-state index contributed by atoms with van der Waals surface area (Å²) in [5.74, 6) is 0. The molecular weight excluding hydrogens is 176 g/mol. The Kier molecular flexibility index (Phi) is 5.45. The molecule has 1 aliphatic rings. The molecule has 1 fully saturated rings. The van der Waals surface area contributed by atoms with Crippen molar-refractivity contribution in [2.45, 2.75) is 26.2 Å². The van der Waals surface area contributed by atoms with Crippen LogP contribution in [-0.4, -0.2) is 39.9 Å². The molecule has 1 rings (SSSR count). The lowest BCUT2D eigenvalue weighted by molar-refractivity contribution is 0.171. The third kappa shape index (κ3) is 4.40. The van der Waals surface area contributed by atoms with Gasteiger partial charge in [-0.15, -0.1) is 0 Å². The van der Waals surface area contributed by atoms with Gasteiger partial charge in [0.25, 0.3) is 0 Å². The average Bonchev–Trinajstić information content (AvgIpc) is 2.96. The fourth-order valence-electron chi connectivity index (χ4n) is 1.72. The molecule has 0 unspecified atom stereocenters. The number of nitrogens with one attached hydrogen (secondary N) is 2. The van der Waals surface area contributed by atoms with Crippen molar-refractivity contribution in [2.24, 2.45) is 5.41 Å². The summed E-state index contributed by atoms with van der Waals surface area (Å²) in [7, 11) is 1.79. The van der Waals surface area contributed by atoms with Gasteiger partial charge in [-0.3, -0.25) is 0 Å². The number of ether oxygens (including phenoxy) is 1. The Morgan fingerprint density at radius 2 is 1.93 bits per heavy atom. The van der Waals surface area contributed by atoms with Gasteiger partial charge in [0.15, 0.2) is 0 Å². The zero-order valence-electron chi connectivity index (χ0n) is 9.57. The van der Waals surface area contributed by atoms with E-state index in [1.165, 1.54) is 25.8 Å². The van der Waals surface area contributed by atoms with Crippen molar-refractivity contribution in [3.63, 3.8) is 0 Å². The van der Waals surface area contributed by atoms with Crippen LogP contribution >= 0.6 is 0 Å². The molecular formula is C11H24N2O. The predicted octanol–water partition coefficient (Wildman–Crippen LogP) is 1.00. The van der Waals surface area contributed by atoms with Crippen LogP contribution in [0, 0.1) is 5.41 Å². The van der Waals surface area contributed by atoms with Gasteiger partial charge in [-0.2, -0.15) is 0 Å². The number of hydrogen-bond acceptors (Lipinski definition) is 3. The molecule has 3 heteroatoms. The first-order valence-electron chi connectivity index (χ1n) is 5.73. The Bertz CT molecular complexity index is 146. The number of likely N-dealkylation sites (N-methyl/N-ethyl adjacent to an activating group) is 1. The summed E-state index contributed by atoms with van der Waals surface area (Å²) in [5, 5.41) is 6.82. The molecule has 0 aliphatic heterocycles. The standard InChI is InChI=1S/C11H24N2O/c1-3-12-7-8-13-10-11(4-5-11)6-9-14-2/h12-13H,3-10H2,1-2H3. The van der Waals surface area contributed by atoms with E-state index in [9.17, 15) is 0 Å². The Morgan fingerprint density at radius 3 is 2.50 bits per heavy atom. The number of hydrogen-bond donors (Lipinski definition) is 2. The van der Waals surface area contributed by atoms with E-state index in [0.29, 0.717) is 5.41 Å². The highest BCUT2D eigenvalue weighted by molar-refractivity contribution is 4.94. The van der Waals surface area contributed by atoms with Gasteiger partial charge in [0.1, 0.15) is 0 Å². The molecule has 0 bridgehead atoms. The Balaban J connectivity index is 1.94. The van der Waals surface area contributed by atoms with Gasteiger partial charge < -0.3 is 15.4 Å². The van der Waals surface area contributed by atoms with E-state index in [1.807, 2.05) is 0 Å². The summed E-state index contributed by atoms with van der Waals surface area (Å²) < 4.78 is 5.12. The van der Waals surface area contributed by atoms with E-state index in [2.05, 4.69) is 17.6 Å². The maximum Gasteiger partial charge on any atom is 0.0468 e. The van der Waals surface area contributed by atoms with Gasteiger partial charge >= 0.3 is 0 Å². The molecule has 1 aliphatic carbocycles. The molecule has 84 valence electrons. The van der Waals surface area contributed by atoms with Crippen LogP contribution < -0.4 is 10.6 Å². The van der Waals surface area contributed by atoms with Crippen molar-refractivity contribution < 1.29 is 4.74 Å². The molecule has 0 amide bonds. The summed E-state index contributed by atoms with van der Waals surface area (Å²) in [6.07, 6.45) is 3.98. The lowest BCUT2D eigenvalue weighted by Gasteiger charge is -2.15. The zero-order chi connectivity index (χ0) is 10.3. The van der Waals surface area contributed by atoms with E-state index < -0.39 is 0 Å². The van der Waals surface area contributed by atoms with Crippen LogP contribution in [0.2, 0.25) is 0 Å². The topological polar surface area (TPSA) is 33.3 Å². The van der Waals surface area contributed by atoms with E-state index in [1.54, 1.807) is 7.11 Å². The van der Waals surface area contributed by atoms with Crippen molar-refractivity contribution in [3.8, 4) is 0 Å². The highest BCUT2D eigenvalue weighted by Gasteiger charge is 2.41. The lowest BCUT2D eigenvalue weighted by Crippen LogP contribution is -2.31. The lowest BCUT2D eigenvalue weighted by atomic mass is 10.0. The minimum atomic E-state index is 0.586. The molecule has 0 saturated heterocycles. The third-order valence-corrected chi connectivity index (χ3v) is 3.02. The fourth-order valence-corrected chi connectivity index (χ4v) is 1.72. The summed E-state index contributed by atoms with van der Waals surface area (Å²) in [6, 6.07) is 0. The second-order valence-electron chi connectivity index (χ2n) is 4.27. The Labute approximate surface area is 87.6 Å².